The molecule has 1 aromatic rings. The second-order valence-corrected chi connectivity index (χ2v) is 6.94. The van der Waals surface area contributed by atoms with Crippen molar-refractivity contribution in [2.24, 2.45) is 5.92 Å². The summed E-state index contributed by atoms with van der Waals surface area (Å²) in [6.45, 7) is 12.6. The van der Waals surface area contributed by atoms with E-state index in [9.17, 15) is 9.59 Å². The molecular formula is C20H34N4O3. The van der Waals surface area contributed by atoms with Crippen LogP contribution < -0.4 is 20.7 Å². The summed E-state index contributed by atoms with van der Waals surface area (Å²) in [6, 6.07) is 5.16. The van der Waals surface area contributed by atoms with Crippen LogP contribution in [0.25, 0.3) is 0 Å². The van der Waals surface area contributed by atoms with Crippen LogP contribution in [-0.2, 0) is 4.79 Å². The summed E-state index contributed by atoms with van der Waals surface area (Å²) < 4.78 is 5.28. The van der Waals surface area contributed by atoms with Crippen LogP contribution in [0.4, 0.5) is 16.2 Å². The van der Waals surface area contributed by atoms with Crippen molar-refractivity contribution in [1.29, 1.82) is 0 Å². The van der Waals surface area contributed by atoms with Gasteiger partial charge in [0.2, 0.25) is 5.91 Å². The third-order valence-corrected chi connectivity index (χ3v) is 4.34. The number of benzene rings is 1. The zero-order valence-corrected chi connectivity index (χ0v) is 17.4. The molecule has 1 atom stereocenters. The van der Waals surface area contributed by atoms with Crippen molar-refractivity contribution in [2.75, 3.05) is 37.4 Å². The molecule has 0 aromatic heterocycles. The Kier molecular flexibility index (Phi) is 9.64. The van der Waals surface area contributed by atoms with Crippen LogP contribution in [-0.4, -0.2) is 49.6 Å². The Bertz CT molecular complexity index is 615. The molecule has 0 aliphatic rings. The number of ether oxygens (including phenoxy) is 1. The van der Waals surface area contributed by atoms with E-state index in [0.29, 0.717) is 35.6 Å². The fourth-order valence-electron chi connectivity index (χ4n) is 3.09. The molecule has 0 heterocycles. The van der Waals surface area contributed by atoms with Crippen LogP contribution in [0.15, 0.2) is 18.2 Å². The van der Waals surface area contributed by atoms with Crippen molar-refractivity contribution in [2.45, 2.75) is 47.1 Å². The number of nitrogens with zero attached hydrogens (tertiary/aromatic N) is 1. The fraction of sp³-hybridized carbons (Fsp3) is 0.600. The Hall–Kier alpha value is -2.28. The molecule has 0 aliphatic carbocycles. The van der Waals surface area contributed by atoms with E-state index in [1.807, 2.05) is 0 Å². The van der Waals surface area contributed by atoms with Crippen LogP contribution in [0.2, 0.25) is 0 Å². The first-order valence-electron chi connectivity index (χ1n) is 9.55. The summed E-state index contributed by atoms with van der Waals surface area (Å²) in [7, 11) is 1.52. The number of hydrogen-bond acceptors (Lipinski definition) is 4. The van der Waals surface area contributed by atoms with Gasteiger partial charge in [-0.25, -0.2) is 4.79 Å². The van der Waals surface area contributed by atoms with Crippen LogP contribution in [0, 0.1) is 5.92 Å². The molecule has 1 unspecified atom stereocenters. The Balaban J connectivity index is 2.70. The Morgan fingerprint density at radius 2 is 1.81 bits per heavy atom. The Morgan fingerprint density at radius 1 is 1.15 bits per heavy atom. The van der Waals surface area contributed by atoms with Gasteiger partial charge in [0.15, 0.2) is 0 Å². The topological polar surface area (TPSA) is 82.7 Å². The SMILES string of the molecule is CCN(CC)C(CNC(=O)Nc1ccc(NC(C)=O)c(OC)c1)CC(C)C. The second-order valence-electron chi connectivity index (χ2n) is 6.94. The Morgan fingerprint density at radius 3 is 2.33 bits per heavy atom. The molecule has 0 fully saturated rings. The standard InChI is InChI=1S/C20H34N4O3/c1-7-24(8-2)17(11-14(3)4)13-21-20(26)23-16-9-10-18(22-15(5)25)19(12-16)27-6/h9-10,12,14,17H,7-8,11,13H2,1-6H3,(H,22,25)(H2,21,23,26). The molecule has 1 rings (SSSR count). The van der Waals surface area contributed by atoms with Crippen molar-refractivity contribution in [3.05, 3.63) is 18.2 Å². The van der Waals surface area contributed by atoms with Crippen LogP contribution in [0.1, 0.15) is 41.0 Å². The number of anilines is 2. The molecule has 7 heteroatoms. The first-order chi connectivity index (χ1) is 12.8. The van der Waals surface area contributed by atoms with Gasteiger partial charge in [-0.15, -0.1) is 0 Å². The molecule has 3 N–H and O–H groups in total. The predicted octanol–water partition coefficient (Wildman–Crippen LogP) is 3.53. The third-order valence-electron chi connectivity index (χ3n) is 4.34. The van der Waals surface area contributed by atoms with E-state index in [4.69, 9.17) is 4.74 Å². The van der Waals surface area contributed by atoms with Gasteiger partial charge in [0, 0.05) is 31.3 Å². The fourth-order valence-corrected chi connectivity index (χ4v) is 3.09. The minimum Gasteiger partial charge on any atom is -0.494 e. The number of carbonyl (C=O) groups is 2. The lowest BCUT2D eigenvalue weighted by Gasteiger charge is -2.31. The summed E-state index contributed by atoms with van der Waals surface area (Å²) in [5.74, 6) is 0.870. The lowest BCUT2D eigenvalue weighted by atomic mass is 10.0. The number of amides is 3. The largest absolute Gasteiger partial charge is 0.494 e. The van der Waals surface area contributed by atoms with E-state index in [2.05, 4.69) is 48.5 Å². The molecule has 27 heavy (non-hydrogen) atoms. The van der Waals surface area contributed by atoms with E-state index in [1.54, 1.807) is 18.2 Å². The summed E-state index contributed by atoms with van der Waals surface area (Å²) >= 11 is 0. The van der Waals surface area contributed by atoms with Gasteiger partial charge in [-0.3, -0.25) is 9.69 Å². The quantitative estimate of drug-likeness (QED) is 0.582. The highest BCUT2D eigenvalue weighted by molar-refractivity contribution is 5.93. The summed E-state index contributed by atoms with van der Waals surface area (Å²) in [4.78, 5) is 25.9. The molecule has 0 radical (unpaired) electrons. The van der Waals surface area contributed by atoms with Crippen LogP contribution in [0.5, 0.6) is 5.75 Å². The van der Waals surface area contributed by atoms with Gasteiger partial charge in [0.05, 0.1) is 12.8 Å². The minimum atomic E-state index is -0.259. The summed E-state index contributed by atoms with van der Waals surface area (Å²) in [5, 5.41) is 8.48. The van der Waals surface area contributed by atoms with E-state index in [0.717, 1.165) is 19.5 Å². The molecular weight excluding hydrogens is 344 g/mol. The van der Waals surface area contributed by atoms with E-state index < -0.39 is 0 Å². The maximum absolute atomic E-state index is 12.3. The highest BCUT2D eigenvalue weighted by Gasteiger charge is 2.18. The number of rotatable bonds is 10. The first-order valence-corrected chi connectivity index (χ1v) is 9.55. The summed E-state index contributed by atoms with van der Waals surface area (Å²) in [6.07, 6.45) is 1.03. The highest BCUT2D eigenvalue weighted by atomic mass is 16.5. The van der Waals surface area contributed by atoms with Crippen molar-refractivity contribution < 1.29 is 14.3 Å². The van der Waals surface area contributed by atoms with Crippen molar-refractivity contribution >= 4 is 23.3 Å². The lowest BCUT2D eigenvalue weighted by Crippen LogP contribution is -2.45. The molecule has 7 nitrogen and oxygen atoms in total. The maximum Gasteiger partial charge on any atom is 0.319 e. The minimum absolute atomic E-state index is 0.181. The number of methoxy groups -OCH3 is 1. The van der Waals surface area contributed by atoms with Gasteiger partial charge in [0.25, 0.3) is 0 Å². The van der Waals surface area contributed by atoms with Gasteiger partial charge in [-0.05, 0) is 37.6 Å². The van der Waals surface area contributed by atoms with Crippen LogP contribution >= 0.6 is 0 Å². The molecule has 0 bridgehead atoms. The third kappa shape index (κ3) is 7.86. The number of urea groups is 1. The van der Waals surface area contributed by atoms with E-state index >= 15 is 0 Å². The number of hydrogen-bond donors (Lipinski definition) is 3. The van der Waals surface area contributed by atoms with Gasteiger partial charge < -0.3 is 20.7 Å². The van der Waals surface area contributed by atoms with Crippen molar-refractivity contribution in [3.63, 3.8) is 0 Å². The predicted molar refractivity (Wildman–Crippen MR) is 110 cm³/mol. The average Bonchev–Trinajstić information content (AvgIpc) is 2.61. The monoisotopic (exact) mass is 378 g/mol. The molecule has 1 aromatic carbocycles. The second kappa shape index (κ2) is 11.4. The van der Waals surface area contributed by atoms with E-state index in [-0.39, 0.29) is 11.9 Å². The molecule has 0 saturated carbocycles. The molecule has 0 aliphatic heterocycles. The lowest BCUT2D eigenvalue weighted by molar-refractivity contribution is -0.114. The molecule has 152 valence electrons. The van der Waals surface area contributed by atoms with Gasteiger partial charge in [-0.1, -0.05) is 27.7 Å². The average molecular weight is 379 g/mol. The maximum atomic E-state index is 12.3. The molecule has 3 amide bonds. The zero-order valence-electron chi connectivity index (χ0n) is 17.4. The summed E-state index contributed by atoms with van der Waals surface area (Å²) in [5.41, 5.74) is 1.16. The van der Waals surface area contributed by atoms with Gasteiger partial charge in [0.1, 0.15) is 5.75 Å². The molecule has 0 spiro atoms. The normalized spacial score (nSPS) is 12.0. The number of carbonyl (C=O) groups excluding carboxylic acids is 2. The number of nitrogens with one attached hydrogen (secondary N) is 3. The molecule has 0 saturated heterocycles. The first kappa shape index (κ1) is 22.8. The highest BCUT2D eigenvalue weighted by Crippen LogP contribution is 2.27. The van der Waals surface area contributed by atoms with Gasteiger partial charge in [-0.2, -0.15) is 0 Å². The van der Waals surface area contributed by atoms with E-state index in [1.165, 1.54) is 14.0 Å². The van der Waals surface area contributed by atoms with Gasteiger partial charge >= 0.3 is 6.03 Å². The Labute approximate surface area is 162 Å². The van der Waals surface area contributed by atoms with Crippen LogP contribution in [0.3, 0.4) is 0 Å². The van der Waals surface area contributed by atoms with Crippen molar-refractivity contribution in [1.82, 2.24) is 10.2 Å². The van der Waals surface area contributed by atoms with Crippen molar-refractivity contribution in [3.8, 4) is 5.75 Å². The zero-order chi connectivity index (χ0) is 20.4. The number of likely N-dealkylation sites (N-methyl/N-ethyl adjacent to an activating group) is 1. The smallest absolute Gasteiger partial charge is 0.319 e.